The molecule has 2 aromatic carbocycles. The molecule has 0 saturated carbocycles. The van der Waals surface area contributed by atoms with Gasteiger partial charge in [-0.2, -0.15) is 0 Å². The van der Waals surface area contributed by atoms with Crippen LogP contribution in [0.5, 0.6) is 0 Å². The number of hydrogen-bond acceptors (Lipinski definition) is 3. The Bertz CT molecular complexity index is 1140. The van der Waals surface area contributed by atoms with Crippen molar-refractivity contribution in [1.82, 2.24) is 4.98 Å². The summed E-state index contributed by atoms with van der Waals surface area (Å²) in [7, 11) is 0. The van der Waals surface area contributed by atoms with Crippen molar-refractivity contribution in [3.8, 4) is 0 Å². The number of rotatable bonds is 1. The summed E-state index contributed by atoms with van der Waals surface area (Å²) in [4.78, 5) is 17.4. The topological polar surface area (TPSA) is 42.0 Å². The average Bonchev–Trinajstić information content (AvgIpc) is 2.67. The van der Waals surface area contributed by atoms with Crippen molar-refractivity contribution in [3.63, 3.8) is 0 Å². The largest absolute Gasteiger partial charge is 0.373 e. The minimum atomic E-state index is -0.265. The molecule has 1 aliphatic heterocycles. The third-order valence-electron chi connectivity index (χ3n) is 5.41. The van der Waals surface area contributed by atoms with Gasteiger partial charge in [0.25, 0.3) is 0 Å². The molecule has 27 heavy (non-hydrogen) atoms. The zero-order valence-electron chi connectivity index (χ0n) is 14.4. The van der Waals surface area contributed by atoms with Crippen LogP contribution >= 0.6 is 23.2 Å². The van der Waals surface area contributed by atoms with Gasteiger partial charge in [-0.15, -0.1) is 0 Å². The maximum atomic E-state index is 13.0. The molecule has 0 fully saturated rings. The number of carbonyl (C=O) groups excluding carboxylic acids is 1. The van der Waals surface area contributed by atoms with Crippen LogP contribution < -0.4 is 5.32 Å². The summed E-state index contributed by atoms with van der Waals surface area (Å²) < 4.78 is 0. The number of Topliss-reactive ketones (excluding diaryl/α,β-unsaturated/α-hetero) is 1. The number of pyridine rings is 1. The molecule has 0 amide bonds. The highest BCUT2D eigenvalue weighted by Gasteiger charge is 2.35. The third kappa shape index (κ3) is 2.65. The Hall–Kier alpha value is -2.36. The number of ketones is 1. The van der Waals surface area contributed by atoms with Crippen LogP contribution in [0.4, 0.5) is 5.69 Å². The van der Waals surface area contributed by atoms with Crippen molar-refractivity contribution in [3.05, 3.63) is 75.4 Å². The number of nitrogens with zero attached hydrogens (tertiary/aromatic N) is 1. The van der Waals surface area contributed by atoms with Crippen LogP contribution in [-0.4, -0.2) is 10.8 Å². The van der Waals surface area contributed by atoms with Crippen molar-refractivity contribution in [1.29, 1.82) is 0 Å². The number of nitrogens with one attached hydrogen (secondary N) is 1. The Morgan fingerprint density at radius 3 is 2.81 bits per heavy atom. The second-order valence-electron chi connectivity index (χ2n) is 6.97. The van der Waals surface area contributed by atoms with Crippen molar-refractivity contribution < 1.29 is 4.79 Å². The molecule has 3 nitrogen and oxygen atoms in total. The molecule has 134 valence electrons. The SMILES string of the molecule is O=C1CCCC2=C1[C@@H](c1ccc(Cl)cc1Cl)Nc1ccc3ncccc3c12. The minimum absolute atomic E-state index is 0.186. The molecule has 1 aromatic heterocycles. The predicted octanol–water partition coefficient (Wildman–Crippen LogP) is 6.22. The molecule has 1 N–H and O–H groups in total. The van der Waals surface area contributed by atoms with Crippen LogP contribution in [0.2, 0.25) is 10.0 Å². The van der Waals surface area contributed by atoms with Gasteiger partial charge in [-0.1, -0.05) is 35.3 Å². The van der Waals surface area contributed by atoms with Crippen LogP contribution in [0.25, 0.3) is 16.5 Å². The smallest absolute Gasteiger partial charge is 0.161 e. The predicted molar refractivity (Wildman–Crippen MR) is 110 cm³/mol. The van der Waals surface area contributed by atoms with E-state index in [9.17, 15) is 4.79 Å². The van der Waals surface area contributed by atoms with Crippen LogP contribution in [0.3, 0.4) is 0 Å². The van der Waals surface area contributed by atoms with Gasteiger partial charge in [0.05, 0.1) is 11.6 Å². The van der Waals surface area contributed by atoms with Gasteiger partial charge in [0.15, 0.2) is 5.78 Å². The fraction of sp³-hybridized carbons (Fsp3) is 0.182. The molecule has 0 unspecified atom stereocenters. The first-order chi connectivity index (χ1) is 13.1. The average molecular weight is 395 g/mol. The molecule has 2 heterocycles. The van der Waals surface area contributed by atoms with E-state index in [0.29, 0.717) is 16.5 Å². The van der Waals surface area contributed by atoms with E-state index in [1.807, 2.05) is 30.3 Å². The monoisotopic (exact) mass is 394 g/mol. The Morgan fingerprint density at radius 2 is 1.96 bits per heavy atom. The lowest BCUT2D eigenvalue weighted by atomic mass is 9.77. The molecule has 1 atom stereocenters. The summed E-state index contributed by atoms with van der Waals surface area (Å²) in [5.74, 6) is 0.186. The summed E-state index contributed by atoms with van der Waals surface area (Å²) in [6, 6.07) is 13.3. The molecular formula is C22H16Cl2N2O. The number of allylic oxidation sites excluding steroid dienone is 1. The lowest BCUT2D eigenvalue weighted by Gasteiger charge is -2.35. The highest BCUT2D eigenvalue weighted by atomic mass is 35.5. The molecule has 0 spiro atoms. The van der Waals surface area contributed by atoms with Crippen molar-refractivity contribution >= 4 is 51.1 Å². The van der Waals surface area contributed by atoms with Crippen molar-refractivity contribution in [2.24, 2.45) is 0 Å². The van der Waals surface area contributed by atoms with Gasteiger partial charge < -0.3 is 5.32 Å². The van der Waals surface area contributed by atoms with Crippen LogP contribution in [0, 0.1) is 0 Å². The molecule has 0 bridgehead atoms. The zero-order chi connectivity index (χ0) is 18.5. The third-order valence-corrected chi connectivity index (χ3v) is 5.97. The number of benzene rings is 2. The van der Waals surface area contributed by atoms with E-state index in [2.05, 4.69) is 16.4 Å². The lowest BCUT2D eigenvalue weighted by molar-refractivity contribution is -0.116. The molecule has 3 aromatic rings. The summed E-state index contributed by atoms with van der Waals surface area (Å²) in [6.45, 7) is 0. The summed E-state index contributed by atoms with van der Waals surface area (Å²) in [5, 5.41) is 5.79. The first-order valence-electron chi connectivity index (χ1n) is 8.99. The number of anilines is 1. The fourth-order valence-corrected chi connectivity index (χ4v) is 4.77. The molecule has 2 aliphatic rings. The van der Waals surface area contributed by atoms with E-state index in [1.54, 1.807) is 12.3 Å². The summed E-state index contributed by atoms with van der Waals surface area (Å²) in [5.41, 5.74) is 5.88. The number of aromatic nitrogens is 1. The Kier molecular flexibility index (Phi) is 3.96. The normalized spacial score (nSPS) is 18.9. The van der Waals surface area contributed by atoms with Gasteiger partial charge >= 0.3 is 0 Å². The second kappa shape index (κ2) is 6.36. The van der Waals surface area contributed by atoms with Gasteiger partial charge in [-0.05, 0) is 54.3 Å². The molecular weight excluding hydrogens is 379 g/mol. The molecule has 5 heteroatoms. The number of fused-ring (bicyclic) bond motifs is 4. The van der Waals surface area contributed by atoms with E-state index in [0.717, 1.165) is 51.7 Å². The maximum absolute atomic E-state index is 13.0. The van der Waals surface area contributed by atoms with Crippen LogP contribution in [0.1, 0.15) is 36.4 Å². The lowest BCUT2D eigenvalue weighted by Crippen LogP contribution is -2.27. The minimum Gasteiger partial charge on any atom is -0.373 e. The van der Waals surface area contributed by atoms with Crippen molar-refractivity contribution in [2.75, 3.05) is 5.32 Å². The Balaban J connectivity index is 1.79. The Morgan fingerprint density at radius 1 is 1.07 bits per heavy atom. The van der Waals surface area contributed by atoms with Gasteiger partial charge in [0, 0.05) is 44.9 Å². The van der Waals surface area contributed by atoms with E-state index in [1.165, 1.54) is 0 Å². The van der Waals surface area contributed by atoms with Gasteiger partial charge in [0.2, 0.25) is 0 Å². The Labute approximate surface area is 167 Å². The van der Waals surface area contributed by atoms with Crippen molar-refractivity contribution in [2.45, 2.75) is 25.3 Å². The first-order valence-corrected chi connectivity index (χ1v) is 9.75. The molecule has 1 aliphatic carbocycles. The van der Waals surface area contributed by atoms with Gasteiger partial charge in [-0.3, -0.25) is 9.78 Å². The standard InChI is InChI=1S/C22H16Cl2N2O/c23-12-6-7-13(16(24)11-12)22-21-15(3-1-5-19(21)27)20-14-4-2-10-25-17(14)8-9-18(20)26-22/h2,4,6-11,22,26H,1,3,5H2/t22-/m1/s1. The zero-order valence-corrected chi connectivity index (χ0v) is 15.9. The van der Waals surface area contributed by atoms with Crippen LogP contribution in [-0.2, 0) is 4.79 Å². The summed E-state index contributed by atoms with van der Waals surface area (Å²) in [6.07, 6.45) is 4.11. The second-order valence-corrected chi connectivity index (χ2v) is 7.81. The molecule has 0 saturated heterocycles. The quantitative estimate of drug-likeness (QED) is 0.532. The number of halogens is 2. The van der Waals surface area contributed by atoms with E-state index >= 15 is 0 Å². The van der Waals surface area contributed by atoms with E-state index in [4.69, 9.17) is 23.2 Å². The number of hydrogen-bond donors (Lipinski definition) is 1. The highest BCUT2D eigenvalue weighted by molar-refractivity contribution is 6.35. The van der Waals surface area contributed by atoms with E-state index < -0.39 is 0 Å². The fourth-order valence-electron chi connectivity index (χ4n) is 4.25. The molecule has 0 radical (unpaired) electrons. The molecule has 5 rings (SSSR count). The highest BCUT2D eigenvalue weighted by Crippen LogP contribution is 2.48. The maximum Gasteiger partial charge on any atom is 0.161 e. The summed E-state index contributed by atoms with van der Waals surface area (Å²) >= 11 is 12.6. The first kappa shape index (κ1) is 16.8. The van der Waals surface area contributed by atoms with E-state index in [-0.39, 0.29) is 11.8 Å². The number of carbonyl (C=O) groups is 1. The van der Waals surface area contributed by atoms with Crippen LogP contribution in [0.15, 0.2) is 54.2 Å². The van der Waals surface area contributed by atoms with Gasteiger partial charge in [-0.25, -0.2) is 0 Å². The van der Waals surface area contributed by atoms with Gasteiger partial charge in [0.1, 0.15) is 0 Å².